The highest BCUT2D eigenvalue weighted by atomic mass is 19.4. The van der Waals surface area contributed by atoms with Crippen molar-refractivity contribution in [3.05, 3.63) is 53.9 Å². The van der Waals surface area contributed by atoms with Crippen molar-refractivity contribution in [2.24, 2.45) is 7.05 Å². The highest BCUT2D eigenvalue weighted by Gasteiger charge is 2.31. The van der Waals surface area contributed by atoms with Crippen molar-refractivity contribution < 1.29 is 22.8 Å². The Bertz CT molecular complexity index is 873. The van der Waals surface area contributed by atoms with Gasteiger partial charge in [0.15, 0.2) is 0 Å². The number of aromatic nitrogens is 1. The van der Waals surface area contributed by atoms with E-state index in [1.165, 1.54) is 12.1 Å². The molecule has 2 aromatic rings. The van der Waals surface area contributed by atoms with Crippen molar-refractivity contribution in [2.75, 3.05) is 25.0 Å². The fraction of sp³-hybridized carbons (Fsp3) is 0.400. The van der Waals surface area contributed by atoms with Gasteiger partial charge in [-0.1, -0.05) is 6.07 Å². The van der Waals surface area contributed by atoms with Gasteiger partial charge in [0.05, 0.1) is 11.6 Å². The number of hydrogen-bond acceptors (Lipinski definition) is 3. The largest absolute Gasteiger partial charge is 0.416 e. The van der Waals surface area contributed by atoms with Crippen LogP contribution in [0.4, 0.5) is 18.9 Å². The number of nitrogens with zero attached hydrogens (tertiary/aromatic N) is 2. The third-order valence-electron chi connectivity index (χ3n) is 5.02. The van der Waals surface area contributed by atoms with Crippen molar-refractivity contribution in [3.8, 4) is 0 Å². The first-order valence-corrected chi connectivity index (χ1v) is 9.37. The normalized spacial score (nSPS) is 15.9. The van der Waals surface area contributed by atoms with Gasteiger partial charge in [-0.25, -0.2) is 0 Å². The molecule has 0 spiro atoms. The van der Waals surface area contributed by atoms with E-state index in [0.717, 1.165) is 43.8 Å². The van der Waals surface area contributed by atoms with Gasteiger partial charge in [0.1, 0.15) is 0 Å². The molecule has 156 valence electrons. The van der Waals surface area contributed by atoms with Crippen LogP contribution in [-0.4, -0.2) is 40.9 Å². The molecule has 1 aliphatic rings. The molecule has 0 radical (unpaired) electrons. The predicted octanol–water partition coefficient (Wildman–Crippen LogP) is 2.94. The Morgan fingerprint density at radius 1 is 1.10 bits per heavy atom. The molecule has 1 aliphatic heterocycles. The molecule has 1 atom stereocenters. The molecule has 1 aromatic carbocycles. The molecule has 1 aromatic heterocycles. The van der Waals surface area contributed by atoms with Crippen LogP contribution in [0.1, 0.15) is 30.1 Å². The number of hydrogen-bond donors (Lipinski definition) is 2. The molecule has 2 N–H and O–H groups in total. The van der Waals surface area contributed by atoms with Crippen LogP contribution < -0.4 is 10.6 Å². The summed E-state index contributed by atoms with van der Waals surface area (Å²) in [6.45, 7) is 2.04. The molecular formula is C20H23F3N4O2. The van der Waals surface area contributed by atoms with Crippen LogP contribution in [0.5, 0.6) is 0 Å². The van der Waals surface area contributed by atoms with E-state index >= 15 is 0 Å². The van der Waals surface area contributed by atoms with Crippen LogP contribution in [0.3, 0.4) is 0 Å². The number of aryl methyl sites for hydroxylation is 1. The number of anilines is 1. The number of nitrogens with one attached hydrogen (secondary N) is 2. The number of benzene rings is 1. The third-order valence-corrected chi connectivity index (χ3v) is 5.02. The molecule has 0 saturated carbocycles. The summed E-state index contributed by atoms with van der Waals surface area (Å²) in [7, 11) is 1.92. The SMILES string of the molecule is Cn1cccc1C(CNC(=O)C(=O)Nc1cccc(C(F)(F)F)c1)N1CCCC1. The number of alkyl halides is 3. The Hall–Kier alpha value is -2.81. The maximum absolute atomic E-state index is 12.8. The zero-order valence-corrected chi connectivity index (χ0v) is 16.0. The van der Waals surface area contributed by atoms with Gasteiger partial charge in [-0.15, -0.1) is 0 Å². The van der Waals surface area contributed by atoms with E-state index in [0.29, 0.717) is 0 Å². The molecule has 2 amide bonds. The quantitative estimate of drug-likeness (QED) is 0.748. The Labute approximate surface area is 166 Å². The fourth-order valence-electron chi connectivity index (χ4n) is 3.53. The van der Waals surface area contributed by atoms with Gasteiger partial charge in [-0.2, -0.15) is 13.2 Å². The predicted molar refractivity (Wildman–Crippen MR) is 102 cm³/mol. The van der Waals surface area contributed by atoms with Crippen LogP contribution in [0.25, 0.3) is 0 Å². The summed E-state index contributed by atoms with van der Waals surface area (Å²) in [6, 6.07) is 7.98. The lowest BCUT2D eigenvalue weighted by Gasteiger charge is -2.28. The zero-order valence-electron chi connectivity index (χ0n) is 16.0. The Kier molecular flexibility index (Phi) is 6.26. The van der Waals surface area contributed by atoms with Gasteiger partial charge in [-0.3, -0.25) is 14.5 Å². The first kappa shape index (κ1) is 20.9. The minimum Gasteiger partial charge on any atom is -0.353 e. The Morgan fingerprint density at radius 3 is 2.45 bits per heavy atom. The third kappa shape index (κ3) is 5.17. The van der Waals surface area contributed by atoms with Gasteiger partial charge in [0.25, 0.3) is 0 Å². The first-order valence-electron chi connectivity index (χ1n) is 9.37. The summed E-state index contributed by atoms with van der Waals surface area (Å²) in [4.78, 5) is 26.6. The van der Waals surface area contributed by atoms with Gasteiger partial charge < -0.3 is 15.2 Å². The van der Waals surface area contributed by atoms with Crippen molar-refractivity contribution >= 4 is 17.5 Å². The van der Waals surface area contributed by atoms with Gasteiger partial charge in [0.2, 0.25) is 0 Å². The average Bonchev–Trinajstić information content (AvgIpc) is 3.34. The Morgan fingerprint density at radius 2 is 1.83 bits per heavy atom. The Balaban J connectivity index is 1.63. The van der Waals surface area contributed by atoms with Crippen molar-refractivity contribution in [1.29, 1.82) is 0 Å². The number of rotatable bonds is 5. The van der Waals surface area contributed by atoms with Crippen molar-refractivity contribution in [1.82, 2.24) is 14.8 Å². The summed E-state index contributed by atoms with van der Waals surface area (Å²) in [6.07, 6.45) is -0.461. The minimum atomic E-state index is -4.53. The fourth-order valence-corrected chi connectivity index (χ4v) is 3.53. The lowest BCUT2D eigenvalue weighted by atomic mass is 10.1. The molecule has 2 heterocycles. The summed E-state index contributed by atoms with van der Waals surface area (Å²) in [5, 5.41) is 4.84. The maximum atomic E-state index is 12.8. The molecular weight excluding hydrogens is 385 g/mol. The average molecular weight is 408 g/mol. The lowest BCUT2D eigenvalue weighted by molar-refractivity contribution is -0.137. The highest BCUT2D eigenvalue weighted by molar-refractivity contribution is 6.39. The number of halogens is 3. The molecule has 1 saturated heterocycles. The summed E-state index contributed by atoms with van der Waals surface area (Å²) >= 11 is 0. The lowest BCUT2D eigenvalue weighted by Crippen LogP contribution is -2.41. The van der Waals surface area contributed by atoms with E-state index < -0.39 is 23.6 Å². The second kappa shape index (κ2) is 8.69. The summed E-state index contributed by atoms with van der Waals surface area (Å²) < 4.78 is 40.3. The molecule has 0 bridgehead atoms. The van der Waals surface area contributed by atoms with Crippen LogP contribution in [0, 0.1) is 0 Å². The second-order valence-corrected chi connectivity index (χ2v) is 7.05. The second-order valence-electron chi connectivity index (χ2n) is 7.05. The first-order chi connectivity index (χ1) is 13.8. The maximum Gasteiger partial charge on any atom is 0.416 e. The molecule has 3 rings (SSSR count). The van der Waals surface area contributed by atoms with Crippen LogP contribution in [-0.2, 0) is 22.8 Å². The smallest absolute Gasteiger partial charge is 0.353 e. The van der Waals surface area contributed by atoms with E-state index in [4.69, 9.17) is 0 Å². The van der Waals surface area contributed by atoms with Crippen LogP contribution in [0.15, 0.2) is 42.6 Å². The molecule has 6 nitrogen and oxygen atoms in total. The number of carbonyl (C=O) groups excluding carboxylic acids is 2. The standard InChI is InChI=1S/C20H23F3N4O2/c1-26-9-5-8-16(26)17(27-10-2-3-11-27)13-24-18(28)19(29)25-15-7-4-6-14(12-15)20(21,22)23/h4-9,12,17H,2-3,10-11,13H2,1H3,(H,24,28)(H,25,29). The molecule has 9 heteroatoms. The minimum absolute atomic E-state index is 0.0807. The summed E-state index contributed by atoms with van der Waals surface area (Å²) in [5.74, 6) is -1.89. The van der Waals surface area contributed by atoms with Crippen LogP contribution >= 0.6 is 0 Å². The monoisotopic (exact) mass is 408 g/mol. The van der Waals surface area contributed by atoms with Crippen LogP contribution in [0.2, 0.25) is 0 Å². The molecule has 1 fully saturated rings. The van der Waals surface area contributed by atoms with E-state index in [1.807, 2.05) is 29.9 Å². The molecule has 0 aliphatic carbocycles. The van der Waals surface area contributed by atoms with Gasteiger partial charge in [-0.05, 0) is 56.3 Å². The number of carbonyl (C=O) groups is 2. The van der Waals surface area contributed by atoms with Gasteiger partial charge >= 0.3 is 18.0 Å². The topological polar surface area (TPSA) is 66.4 Å². The molecule has 29 heavy (non-hydrogen) atoms. The van der Waals surface area contributed by atoms with E-state index in [2.05, 4.69) is 15.5 Å². The van der Waals surface area contributed by atoms with Crippen molar-refractivity contribution in [2.45, 2.75) is 25.1 Å². The zero-order chi connectivity index (χ0) is 21.0. The highest BCUT2D eigenvalue weighted by Crippen LogP contribution is 2.30. The molecule has 1 unspecified atom stereocenters. The summed E-state index contributed by atoms with van der Waals surface area (Å²) in [5.41, 5.74) is 0.0394. The number of amides is 2. The van der Waals surface area contributed by atoms with Gasteiger partial charge in [0, 0.05) is 31.2 Å². The van der Waals surface area contributed by atoms with E-state index in [9.17, 15) is 22.8 Å². The van der Waals surface area contributed by atoms with E-state index in [-0.39, 0.29) is 18.3 Å². The number of likely N-dealkylation sites (tertiary alicyclic amines) is 1. The van der Waals surface area contributed by atoms with E-state index in [1.54, 1.807) is 0 Å². The van der Waals surface area contributed by atoms with Crippen molar-refractivity contribution in [3.63, 3.8) is 0 Å².